The molecule has 0 unspecified atom stereocenters. The van der Waals surface area contributed by atoms with Crippen molar-refractivity contribution in [1.82, 2.24) is 9.78 Å². The summed E-state index contributed by atoms with van der Waals surface area (Å²) in [7, 11) is 1.93. The molecule has 0 aliphatic heterocycles. The largest absolute Gasteiger partial charge is 0.368 e. The molecule has 0 bridgehead atoms. The van der Waals surface area contributed by atoms with E-state index in [1.54, 1.807) is 0 Å². The van der Waals surface area contributed by atoms with Crippen molar-refractivity contribution < 1.29 is 9.59 Å². The first kappa shape index (κ1) is 25.4. The second-order valence-electron chi connectivity index (χ2n) is 10.9. The molecule has 35 heavy (non-hydrogen) atoms. The van der Waals surface area contributed by atoms with Gasteiger partial charge in [0, 0.05) is 49.0 Å². The van der Waals surface area contributed by atoms with Crippen LogP contribution in [-0.2, 0) is 11.8 Å². The molecule has 0 amide bonds. The van der Waals surface area contributed by atoms with E-state index in [9.17, 15) is 9.59 Å². The van der Waals surface area contributed by atoms with Crippen LogP contribution in [0.25, 0.3) is 10.9 Å². The van der Waals surface area contributed by atoms with E-state index < -0.39 is 0 Å². The normalized spacial score (nSPS) is 23.1. The fourth-order valence-electron chi connectivity index (χ4n) is 6.00. The number of aryl methyl sites for hydroxylation is 1. The average molecular weight is 477 g/mol. The van der Waals surface area contributed by atoms with E-state index in [1.807, 2.05) is 37.8 Å². The summed E-state index contributed by atoms with van der Waals surface area (Å²) in [6.45, 7) is 11.2. The molecule has 1 aromatic heterocycles. The molecule has 6 heteroatoms. The Morgan fingerprint density at radius 3 is 2.57 bits per heavy atom. The Morgan fingerprint density at radius 2 is 1.94 bits per heavy atom. The molecular weight excluding hydrogens is 436 g/mol. The molecule has 1 saturated carbocycles. The van der Waals surface area contributed by atoms with Gasteiger partial charge in [-0.15, -0.1) is 0 Å². The van der Waals surface area contributed by atoms with Gasteiger partial charge >= 0.3 is 0 Å². The van der Waals surface area contributed by atoms with Crippen molar-refractivity contribution in [3.63, 3.8) is 0 Å². The Kier molecular flexibility index (Phi) is 7.05. The fourth-order valence-corrected chi connectivity index (χ4v) is 6.00. The van der Waals surface area contributed by atoms with Gasteiger partial charge in [0.1, 0.15) is 0 Å². The number of ketones is 2. The van der Waals surface area contributed by atoms with Gasteiger partial charge < -0.3 is 10.6 Å². The highest BCUT2D eigenvalue weighted by Gasteiger charge is 2.32. The topological polar surface area (TPSA) is 81.2 Å². The molecular formula is C29H40N4O2. The third kappa shape index (κ3) is 4.99. The molecule has 2 aliphatic carbocycles. The number of Topliss-reactive ketones (excluding diaryl/α,β-unsaturated/α-hetero) is 2. The number of aromatic nitrogens is 2. The molecule has 1 fully saturated rings. The Labute approximate surface area is 209 Å². The Hall–Kier alpha value is -2.73. The predicted molar refractivity (Wildman–Crippen MR) is 143 cm³/mol. The van der Waals surface area contributed by atoms with Crippen LogP contribution in [0.2, 0.25) is 0 Å². The number of benzene rings is 1. The first-order chi connectivity index (χ1) is 16.5. The molecule has 1 heterocycles. The minimum Gasteiger partial charge on any atom is -0.368 e. The molecule has 0 spiro atoms. The average Bonchev–Trinajstić information content (AvgIpc) is 3.15. The van der Waals surface area contributed by atoms with Gasteiger partial charge in [-0.25, -0.2) is 0 Å². The van der Waals surface area contributed by atoms with Gasteiger partial charge in [-0.05, 0) is 89.5 Å². The summed E-state index contributed by atoms with van der Waals surface area (Å²) in [5.41, 5.74) is 13.0. The molecule has 0 atom stereocenters. The number of nitrogens with two attached hydrogens (primary N) is 1. The molecule has 4 rings (SSSR count). The summed E-state index contributed by atoms with van der Waals surface area (Å²) >= 11 is 0. The van der Waals surface area contributed by atoms with Gasteiger partial charge in [-0.2, -0.15) is 5.10 Å². The predicted octanol–water partition coefficient (Wildman–Crippen LogP) is 5.57. The van der Waals surface area contributed by atoms with Gasteiger partial charge in [0.05, 0.1) is 17.4 Å². The number of fused-ring (bicyclic) bond motifs is 1. The summed E-state index contributed by atoms with van der Waals surface area (Å²) < 4.78 is 1.85. The lowest BCUT2D eigenvalue weighted by molar-refractivity contribution is -0.115. The molecule has 0 radical (unpaired) electrons. The van der Waals surface area contributed by atoms with Crippen molar-refractivity contribution in [2.75, 3.05) is 11.4 Å². The fraction of sp³-hybridized carbons (Fsp3) is 0.552. The van der Waals surface area contributed by atoms with Crippen LogP contribution in [0.4, 0.5) is 5.69 Å². The number of anilines is 1. The van der Waals surface area contributed by atoms with Crippen molar-refractivity contribution >= 4 is 28.2 Å². The van der Waals surface area contributed by atoms with Crippen molar-refractivity contribution in [3.05, 3.63) is 46.2 Å². The second-order valence-corrected chi connectivity index (χ2v) is 10.9. The van der Waals surface area contributed by atoms with Crippen molar-refractivity contribution in [2.24, 2.45) is 12.8 Å². The molecule has 1 aromatic carbocycles. The van der Waals surface area contributed by atoms with Crippen molar-refractivity contribution in [3.8, 4) is 0 Å². The van der Waals surface area contributed by atoms with E-state index in [-0.39, 0.29) is 17.1 Å². The smallest absolute Gasteiger partial charge is 0.163 e. The maximum atomic E-state index is 13.6. The minimum absolute atomic E-state index is 0.0838. The third-order valence-corrected chi connectivity index (χ3v) is 8.06. The zero-order valence-electron chi connectivity index (χ0n) is 22.2. The Morgan fingerprint density at radius 1 is 1.26 bits per heavy atom. The zero-order chi connectivity index (χ0) is 25.5. The lowest BCUT2D eigenvalue weighted by Gasteiger charge is -2.41. The van der Waals surface area contributed by atoms with E-state index >= 15 is 0 Å². The van der Waals surface area contributed by atoms with Crippen LogP contribution in [0.1, 0.15) is 88.6 Å². The summed E-state index contributed by atoms with van der Waals surface area (Å²) in [4.78, 5) is 28.6. The minimum atomic E-state index is -0.0938. The molecule has 2 aromatic rings. The van der Waals surface area contributed by atoms with Crippen LogP contribution in [0, 0.1) is 6.92 Å². The highest BCUT2D eigenvalue weighted by Crippen LogP contribution is 2.39. The lowest BCUT2D eigenvalue weighted by atomic mass is 9.80. The van der Waals surface area contributed by atoms with Crippen molar-refractivity contribution in [1.29, 1.82) is 0 Å². The maximum Gasteiger partial charge on any atom is 0.163 e. The summed E-state index contributed by atoms with van der Waals surface area (Å²) in [5, 5.41) is 5.62. The van der Waals surface area contributed by atoms with E-state index in [1.165, 1.54) is 0 Å². The van der Waals surface area contributed by atoms with Gasteiger partial charge in [0.15, 0.2) is 11.6 Å². The number of hydrogen-bond donors (Lipinski definition) is 1. The first-order valence-corrected chi connectivity index (χ1v) is 13.0. The Balaban J connectivity index is 1.69. The van der Waals surface area contributed by atoms with Crippen LogP contribution in [0.3, 0.4) is 0 Å². The SMILES string of the molecule is CCN(c1c(C)c(C(=O)CCC2=C(C)C=C(C)CC2=O)cc2c1cnn2C)C1CCC(C)(N)CC1. The van der Waals surface area contributed by atoms with Gasteiger partial charge in [-0.1, -0.05) is 11.6 Å². The first-order valence-electron chi connectivity index (χ1n) is 13.0. The van der Waals surface area contributed by atoms with Gasteiger partial charge in [0.2, 0.25) is 0 Å². The zero-order valence-corrected chi connectivity index (χ0v) is 22.2. The summed E-state index contributed by atoms with van der Waals surface area (Å²) in [5.74, 6) is 0.233. The lowest BCUT2D eigenvalue weighted by Crippen LogP contribution is -2.47. The molecule has 2 aliphatic rings. The van der Waals surface area contributed by atoms with E-state index in [4.69, 9.17) is 5.73 Å². The van der Waals surface area contributed by atoms with E-state index in [0.29, 0.717) is 25.3 Å². The standard InChI is InChI=1S/C29H40N4O2/c1-7-33(21-10-12-29(5,30)13-11-21)28-20(4)23(16-25-24(28)17-31-32(25)6)26(34)9-8-22-19(3)14-18(2)15-27(22)35/h14,16-17,21H,7-13,15,30H2,1-6H3. The van der Waals surface area contributed by atoms with Crippen LogP contribution in [-0.4, -0.2) is 39.5 Å². The van der Waals surface area contributed by atoms with Crippen LogP contribution in [0.5, 0.6) is 0 Å². The van der Waals surface area contributed by atoms with Crippen LogP contribution < -0.4 is 10.6 Å². The molecule has 2 N–H and O–H groups in total. The number of allylic oxidation sites excluding steroid dienone is 4. The van der Waals surface area contributed by atoms with Crippen molar-refractivity contribution in [2.45, 2.75) is 91.1 Å². The van der Waals surface area contributed by atoms with Gasteiger partial charge in [0.25, 0.3) is 0 Å². The molecule has 188 valence electrons. The number of hydrogen-bond acceptors (Lipinski definition) is 5. The van der Waals surface area contributed by atoms with E-state index in [0.717, 1.165) is 76.7 Å². The number of carbonyl (C=O) groups excluding carboxylic acids is 2. The molecule has 0 saturated heterocycles. The van der Waals surface area contributed by atoms with Gasteiger partial charge in [-0.3, -0.25) is 14.3 Å². The maximum absolute atomic E-state index is 13.6. The number of rotatable bonds is 7. The summed E-state index contributed by atoms with van der Waals surface area (Å²) in [6.07, 6.45) is 9.36. The highest BCUT2D eigenvalue weighted by atomic mass is 16.1. The van der Waals surface area contributed by atoms with E-state index in [2.05, 4.69) is 36.8 Å². The monoisotopic (exact) mass is 476 g/mol. The third-order valence-electron chi connectivity index (χ3n) is 8.06. The highest BCUT2D eigenvalue weighted by molar-refractivity contribution is 6.07. The number of nitrogens with zero attached hydrogens (tertiary/aromatic N) is 3. The number of carbonyl (C=O) groups is 2. The second kappa shape index (κ2) is 9.73. The summed E-state index contributed by atoms with van der Waals surface area (Å²) in [6, 6.07) is 2.38. The van der Waals surface area contributed by atoms with Crippen LogP contribution in [0.15, 0.2) is 35.1 Å². The Bertz CT molecular complexity index is 1220. The quantitative estimate of drug-likeness (QED) is 0.529. The molecule has 6 nitrogen and oxygen atoms in total. The van der Waals surface area contributed by atoms with Crippen LogP contribution >= 0.6 is 0 Å².